The molecule has 0 unspecified atom stereocenters. The van der Waals surface area contributed by atoms with Gasteiger partial charge in [-0.1, -0.05) is 0 Å². The first kappa shape index (κ1) is 15.9. The lowest BCUT2D eigenvalue weighted by molar-refractivity contribution is 0.616. The second-order valence-electron chi connectivity index (χ2n) is 6.91. The minimum atomic E-state index is -0.391. The highest BCUT2D eigenvalue weighted by atomic mass is 19.1. The Kier molecular flexibility index (Phi) is 3.63. The molecule has 4 aromatic rings. The molecule has 0 aromatic carbocycles. The molecule has 1 aliphatic rings. The minimum Gasteiger partial charge on any atom is -0.336 e. The average molecular weight is 363 g/mol. The van der Waals surface area contributed by atoms with Crippen LogP contribution in [-0.2, 0) is 6.54 Å². The Labute approximate surface area is 154 Å². The van der Waals surface area contributed by atoms with Crippen molar-refractivity contribution in [2.24, 2.45) is 5.92 Å². The summed E-state index contributed by atoms with van der Waals surface area (Å²) >= 11 is 0. The Bertz CT molecular complexity index is 1100. The zero-order valence-electron chi connectivity index (χ0n) is 14.8. The zero-order chi connectivity index (χ0) is 18.4. The molecular formula is C19H18FN7. The fraction of sp³-hybridized carbons (Fsp3) is 0.263. The van der Waals surface area contributed by atoms with E-state index in [4.69, 9.17) is 0 Å². The predicted molar refractivity (Wildman–Crippen MR) is 99.6 cm³/mol. The molecule has 8 heteroatoms. The molecule has 136 valence electrons. The van der Waals surface area contributed by atoms with Crippen LogP contribution in [0, 0.1) is 18.7 Å². The smallest absolute Gasteiger partial charge is 0.171 e. The second-order valence-corrected chi connectivity index (χ2v) is 6.91. The molecule has 0 aliphatic heterocycles. The summed E-state index contributed by atoms with van der Waals surface area (Å²) in [5.74, 6) is 1.22. The van der Waals surface area contributed by atoms with Crippen LogP contribution < -0.4 is 5.32 Å². The van der Waals surface area contributed by atoms with E-state index in [1.54, 1.807) is 36.5 Å². The summed E-state index contributed by atoms with van der Waals surface area (Å²) in [5, 5.41) is 3.05. The van der Waals surface area contributed by atoms with Gasteiger partial charge in [-0.3, -0.25) is 4.57 Å². The normalized spacial score (nSPS) is 14.0. The topological polar surface area (TPSA) is 73.5 Å². The van der Waals surface area contributed by atoms with Crippen LogP contribution in [0.2, 0.25) is 0 Å². The van der Waals surface area contributed by atoms with E-state index in [2.05, 4.69) is 25.3 Å². The molecule has 0 bridgehead atoms. The van der Waals surface area contributed by atoms with E-state index in [1.165, 1.54) is 12.8 Å². The van der Waals surface area contributed by atoms with Crippen molar-refractivity contribution in [3.05, 3.63) is 54.8 Å². The zero-order valence-corrected chi connectivity index (χ0v) is 14.8. The number of rotatable bonds is 5. The average Bonchev–Trinajstić information content (AvgIpc) is 3.16. The summed E-state index contributed by atoms with van der Waals surface area (Å²) in [4.78, 5) is 17.3. The summed E-state index contributed by atoms with van der Waals surface area (Å²) in [7, 11) is 0. The van der Waals surface area contributed by atoms with E-state index in [0.29, 0.717) is 28.3 Å². The molecule has 0 atom stereocenters. The van der Waals surface area contributed by atoms with Crippen LogP contribution in [0.4, 0.5) is 15.9 Å². The Morgan fingerprint density at radius 2 is 2.11 bits per heavy atom. The van der Waals surface area contributed by atoms with Gasteiger partial charge in [0.15, 0.2) is 17.3 Å². The van der Waals surface area contributed by atoms with Gasteiger partial charge in [-0.05, 0) is 37.8 Å². The quantitative estimate of drug-likeness (QED) is 0.586. The van der Waals surface area contributed by atoms with Gasteiger partial charge in [-0.25, -0.2) is 24.3 Å². The van der Waals surface area contributed by atoms with Gasteiger partial charge in [-0.2, -0.15) is 0 Å². The molecule has 4 aromatic heterocycles. The molecule has 0 spiro atoms. The number of aryl methyl sites for hydroxylation is 1. The molecule has 1 aliphatic carbocycles. The summed E-state index contributed by atoms with van der Waals surface area (Å²) in [5.41, 5.74) is 2.50. The minimum absolute atomic E-state index is 0.190. The SMILES string of the molecule is Cc1c(F)c(Nc2ccc(-n3ccnc3)nc2)nc2c1ncn2CC1CC1. The predicted octanol–water partition coefficient (Wildman–Crippen LogP) is 3.61. The number of aromatic nitrogens is 6. The first-order valence-corrected chi connectivity index (χ1v) is 8.91. The maximum absolute atomic E-state index is 14.8. The highest BCUT2D eigenvalue weighted by Crippen LogP contribution is 2.32. The number of nitrogens with zero attached hydrogens (tertiary/aromatic N) is 6. The molecule has 0 radical (unpaired) electrons. The van der Waals surface area contributed by atoms with Crippen LogP contribution in [0.3, 0.4) is 0 Å². The number of anilines is 2. The fourth-order valence-electron chi connectivity index (χ4n) is 3.13. The molecule has 27 heavy (non-hydrogen) atoms. The lowest BCUT2D eigenvalue weighted by atomic mass is 10.2. The molecule has 1 N–H and O–H groups in total. The van der Waals surface area contributed by atoms with Gasteiger partial charge in [-0.15, -0.1) is 0 Å². The van der Waals surface area contributed by atoms with Crippen molar-refractivity contribution >= 4 is 22.7 Å². The summed E-state index contributed by atoms with van der Waals surface area (Å²) in [6.07, 6.45) is 11.1. The van der Waals surface area contributed by atoms with Crippen LogP contribution in [-0.4, -0.2) is 29.1 Å². The van der Waals surface area contributed by atoms with Crippen molar-refractivity contribution < 1.29 is 4.39 Å². The highest BCUT2D eigenvalue weighted by molar-refractivity contribution is 5.78. The van der Waals surface area contributed by atoms with Gasteiger partial charge in [0.25, 0.3) is 0 Å². The molecule has 5 rings (SSSR count). The van der Waals surface area contributed by atoms with E-state index in [1.807, 2.05) is 22.9 Å². The second kappa shape index (κ2) is 6.15. The molecule has 0 amide bonds. The maximum atomic E-state index is 14.8. The monoisotopic (exact) mass is 363 g/mol. The Balaban J connectivity index is 1.47. The Morgan fingerprint density at radius 3 is 2.81 bits per heavy atom. The highest BCUT2D eigenvalue weighted by Gasteiger charge is 2.24. The number of hydrogen-bond donors (Lipinski definition) is 1. The third kappa shape index (κ3) is 2.92. The molecule has 0 saturated heterocycles. The van der Waals surface area contributed by atoms with Gasteiger partial charge >= 0.3 is 0 Å². The van der Waals surface area contributed by atoms with Crippen LogP contribution in [0.5, 0.6) is 0 Å². The molecule has 1 saturated carbocycles. The standard InChI is InChI=1S/C19H18FN7/c1-12-16(20)18(25-19-17(12)23-11-27(19)9-13-2-3-13)24-14-4-5-15(22-8-14)26-7-6-21-10-26/h4-8,10-11,13H,2-3,9H2,1H3,(H,24,25). The van der Waals surface area contributed by atoms with Gasteiger partial charge in [0.1, 0.15) is 17.7 Å². The van der Waals surface area contributed by atoms with Gasteiger partial charge in [0.2, 0.25) is 0 Å². The van der Waals surface area contributed by atoms with Crippen LogP contribution in [0.15, 0.2) is 43.4 Å². The number of nitrogens with one attached hydrogen (secondary N) is 1. The Hall–Kier alpha value is -3.29. The first-order valence-electron chi connectivity index (χ1n) is 8.91. The van der Waals surface area contributed by atoms with E-state index in [-0.39, 0.29) is 5.82 Å². The van der Waals surface area contributed by atoms with Crippen molar-refractivity contribution in [2.75, 3.05) is 5.32 Å². The molecule has 7 nitrogen and oxygen atoms in total. The van der Waals surface area contributed by atoms with E-state index in [9.17, 15) is 4.39 Å². The van der Waals surface area contributed by atoms with Crippen molar-refractivity contribution in [3.8, 4) is 5.82 Å². The lowest BCUT2D eigenvalue weighted by Gasteiger charge is -2.10. The fourth-order valence-corrected chi connectivity index (χ4v) is 3.13. The third-order valence-corrected chi connectivity index (χ3v) is 4.85. The summed E-state index contributed by atoms with van der Waals surface area (Å²) in [6.45, 7) is 2.62. The molecular weight excluding hydrogens is 345 g/mol. The van der Waals surface area contributed by atoms with Gasteiger partial charge < -0.3 is 9.88 Å². The number of halogens is 1. The Morgan fingerprint density at radius 1 is 1.22 bits per heavy atom. The van der Waals surface area contributed by atoms with E-state index in [0.717, 1.165) is 12.4 Å². The van der Waals surface area contributed by atoms with E-state index < -0.39 is 5.82 Å². The number of pyridine rings is 2. The van der Waals surface area contributed by atoms with E-state index >= 15 is 0 Å². The van der Waals surface area contributed by atoms with Crippen molar-refractivity contribution in [1.29, 1.82) is 0 Å². The first-order chi connectivity index (χ1) is 13.2. The van der Waals surface area contributed by atoms with Crippen molar-refractivity contribution in [1.82, 2.24) is 29.1 Å². The summed E-state index contributed by atoms with van der Waals surface area (Å²) in [6, 6.07) is 3.68. The van der Waals surface area contributed by atoms with Gasteiger partial charge in [0, 0.05) is 24.5 Å². The maximum Gasteiger partial charge on any atom is 0.171 e. The number of imidazole rings is 2. The van der Waals surface area contributed by atoms with Gasteiger partial charge in [0.05, 0.1) is 18.2 Å². The third-order valence-electron chi connectivity index (χ3n) is 4.85. The molecule has 1 fully saturated rings. The van der Waals surface area contributed by atoms with Crippen LogP contribution in [0.1, 0.15) is 18.4 Å². The van der Waals surface area contributed by atoms with Crippen LogP contribution in [0.25, 0.3) is 17.0 Å². The van der Waals surface area contributed by atoms with Crippen LogP contribution >= 0.6 is 0 Å². The number of hydrogen-bond acceptors (Lipinski definition) is 5. The lowest BCUT2D eigenvalue weighted by Crippen LogP contribution is -2.05. The van der Waals surface area contributed by atoms with Crippen molar-refractivity contribution in [2.45, 2.75) is 26.3 Å². The summed E-state index contributed by atoms with van der Waals surface area (Å²) < 4.78 is 18.6. The number of fused-ring (bicyclic) bond motifs is 1. The molecule has 4 heterocycles. The van der Waals surface area contributed by atoms with Crippen molar-refractivity contribution in [3.63, 3.8) is 0 Å². The largest absolute Gasteiger partial charge is 0.336 e.